The summed E-state index contributed by atoms with van der Waals surface area (Å²) in [5.41, 5.74) is 0. The lowest BCUT2D eigenvalue weighted by Crippen LogP contribution is -2.19. The Hall–Kier alpha value is -1.50. The van der Waals surface area contributed by atoms with E-state index in [4.69, 9.17) is 4.74 Å². The Kier molecular flexibility index (Phi) is 7.45. The van der Waals surface area contributed by atoms with Crippen molar-refractivity contribution >= 4 is 10.8 Å². The largest absolute Gasteiger partial charge is 0.490 e. The van der Waals surface area contributed by atoms with Gasteiger partial charge in [-0.25, -0.2) is 0 Å². The molecule has 0 fully saturated rings. The number of hydrogen-bond donors (Lipinski definition) is 0. The smallest absolute Gasteiger partial charge is 0.120 e. The van der Waals surface area contributed by atoms with Crippen LogP contribution in [0.2, 0.25) is 0 Å². The second kappa shape index (κ2) is 9.60. The van der Waals surface area contributed by atoms with Gasteiger partial charge >= 0.3 is 0 Å². The van der Waals surface area contributed by atoms with Gasteiger partial charge in [0.25, 0.3) is 0 Å². The van der Waals surface area contributed by atoms with Gasteiger partial charge in [0.1, 0.15) is 5.75 Å². The SMILES string of the molecule is CCCCCCC(CC(C)CC)Oc1ccc2ccccc2c1. The minimum Gasteiger partial charge on any atom is -0.490 e. The summed E-state index contributed by atoms with van der Waals surface area (Å²) in [5, 5.41) is 2.54. The van der Waals surface area contributed by atoms with Crippen molar-refractivity contribution < 1.29 is 4.74 Å². The number of fused-ring (bicyclic) bond motifs is 1. The second-order valence-corrected chi connectivity index (χ2v) is 6.85. The van der Waals surface area contributed by atoms with Crippen LogP contribution in [0.25, 0.3) is 10.8 Å². The van der Waals surface area contributed by atoms with E-state index in [2.05, 4.69) is 63.2 Å². The molecule has 0 heterocycles. The molecule has 0 aromatic heterocycles. The highest BCUT2D eigenvalue weighted by Crippen LogP contribution is 2.25. The van der Waals surface area contributed by atoms with Gasteiger partial charge in [0, 0.05) is 0 Å². The van der Waals surface area contributed by atoms with Crippen LogP contribution in [0.1, 0.15) is 65.7 Å². The van der Waals surface area contributed by atoms with Gasteiger partial charge in [-0.15, -0.1) is 0 Å². The number of rotatable bonds is 10. The minimum atomic E-state index is 0.350. The van der Waals surface area contributed by atoms with Crippen LogP contribution in [0, 0.1) is 5.92 Å². The molecule has 0 N–H and O–H groups in total. The highest BCUT2D eigenvalue weighted by Gasteiger charge is 2.14. The minimum absolute atomic E-state index is 0.350. The maximum atomic E-state index is 6.38. The van der Waals surface area contributed by atoms with E-state index in [1.165, 1.54) is 49.3 Å². The van der Waals surface area contributed by atoms with Crippen molar-refractivity contribution in [2.75, 3.05) is 0 Å². The maximum Gasteiger partial charge on any atom is 0.120 e. The molecule has 0 spiro atoms. The van der Waals surface area contributed by atoms with Gasteiger partial charge in [-0.2, -0.15) is 0 Å². The Balaban J connectivity index is 2.01. The first-order chi connectivity index (χ1) is 11.2. The van der Waals surface area contributed by atoms with Crippen LogP contribution in [-0.4, -0.2) is 6.10 Å². The third-order valence-electron chi connectivity index (χ3n) is 4.77. The van der Waals surface area contributed by atoms with E-state index < -0.39 is 0 Å². The Morgan fingerprint density at radius 3 is 2.43 bits per heavy atom. The van der Waals surface area contributed by atoms with Crippen molar-refractivity contribution in [1.82, 2.24) is 0 Å². The van der Waals surface area contributed by atoms with Crippen molar-refractivity contribution in [3.63, 3.8) is 0 Å². The Morgan fingerprint density at radius 2 is 1.70 bits per heavy atom. The quantitative estimate of drug-likeness (QED) is 0.429. The van der Waals surface area contributed by atoms with Gasteiger partial charge in [-0.1, -0.05) is 76.8 Å². The summed E-state index contributed by atoms with van der Waals surface area (Å²) in [5.74, 6) is 1.75. The van der Waals surface area contributed by atoms with Crippen molar-refractivity contribution in [2.45, 2.75) is 71.8 Å². The summed E-state index contributed by atoms with van der Waals surface area (Å²) < 4.78 is 6.38. The molecule has 2 rings (SSSR count). The monoisotopic (exact) mass is 312 g/mol. The fourth-order valence-corrected chi connectivity index (χ4v) is 3.07. The third kappa shape index (κ3) is 5.89. The van der Waals surface area contributed by atoms with E-state index in [0.29, 0.717) is 6.10 Å². The molecule has 0 aliphatic carbocycles. The van der Waals surface area contributed by atoms with Crippen LogP contribution in [0.4, 0.5) is 0 Å². The molecule has 0 aliphatic heterocycles. The van der Waals surface area contributed by atoms with E-state index in [9.17, 15) is 0 Å². The lowest BCUT2D eigenvalue weighted by atomic mass is 9.97. The summed E-state index contributed by atoms with van der Waals surface area (Å²) >= 11 is 0. The summed E-state index contributed by atoms with van der Waals surface area (Å²) in [6.07, 6.45) is 9.16. The standard InChI is InChI=1S/C22H32O/c1-4-6-7-8-13-21(16-18(3)5-2)23-22-15-14-19-11-9-10-12-20(19)17-22/h9-12,14-15,17-18,21H,4-8,13,16H2,1-3H3. The van der Waals surface area contributed by atoms with Crippen LogP contribution in [-0.2, 0) is 0 Å². The molecular formula is C22H32O. The molecule has 0 radical (unpaired) electrons. The molecule has 2 aromatic rings. The van der Waals surface area contributed by atoms with Gasteiger partial charge in [0.2, 0.25) is 0 Å². The van der Waals surface area contributed by atoms with E-state index in [0.717, 1.165) is 18.1 Å². The zero-order valence-electron chi connectivity index (χ0n) is 15.1. The molecule has 0 saturated carbocycles. The predicted molar refractivity (Wildman–Crippen MR) is 101 cm³/mol. The average Bonchev–Trinajstić information content (AvgIpc) is 2.58. The zero-order valence-corrected chi connectivity index (χ0v) is 15.1. The molecule has 2 unspecified atom stereocenters. The molecule has 1 heteroatoms. The number of benzene rings is 2. The Morgan fingerprint density at radius 1 is 0.913 bits per heavy atom. The lowest BCUT2D eigenvalue weighted by Gasteiger charge is -2.22. The van der Waals surface area contributed by atoms with Gasteiger partial charge in [-0.3, -0.25) is 0 Å². The van der Waals surface area contributed by atoms with Crippen LogP contribution in [0.3, 0.4) is 0 Å². The number of unbranched alkanes of at least 4 members (excludes halogenated alkanes) is 3. The molecule has 2 atom stereocenters. The van der Waals surface area contributed by atoms with E-state index in [-0.39, 0.29) is 0 Å². The molecule has 126 valence electrons. The predicted octanol–water partition coefficient (Wildman–Crippen LogP) is 6.99. The molecule has 0 aliphatic rings. The fraction of sp³-hybridized carbons (Fsp3) is 0.545. The number of hydrogen-bond acceptors (Lipinski definition) is 1. The van der Waals surface area contributed by atoms with Crippen LogP contribution in [0.15, 0.2) is 42.5 Å². The normalized spacial score (nSPS) is 13.9. The first-order valence-electron chi connectivity index (χ1n) is 9.38. The van der Waals surface area contributed by atoms with E-state index >= 15 is 0 Å². The topological polar surface area (TPSA) is 9.23 Å². The van der Waals surface area contributed by atoms with Crippen molar-refractivity contribution in [3.8, 4) is 5.75 Å². The molecule has 1 nitrogen and oxygen atoms in total. The molecular weight excluding hydrogens is 280 g/mol. The second-order valence-electron chi connectivity index (χ2n) is 6.85. The Bertz CT molecular complexity index is 575. The third-order valence-corrected chi connectivity index (χ3v) is 4.77. The van der Waals surface area contributed by atoms with Gasteiger partial charge in [0.05, 0.1) is 6.10 Å². The molecule has 23 heavy (non-hydrogen) atoms. The van der Waals surface area contributed by atoms with Crippen molar-refractivity contribution in [3.05, 3.63) is 42.5 Å². The lowest BCUT2D eigenvalue weighted by molar-refractivity contribution is 0.156. The van der Waals surface area contributed by atoms with Gasteiger partial charge in [0.15, 0.2) is 0 Å². The van der Waals surface area contributed by atoms with Crippen LogP contribution < -0.4 is 4.74 Å². The molecule has 2 aromatic carbocycles. The Labute approximate surface area is 142 Å². The maximum absolute atomic E-state index is 6.38. The molecule has 0 bridgehead atoms. The molecule has 0 amide bonds. The average molecular weight is 312 g/mol. The van der Waals surface area contributed by atoms with Crippen molar-refractivity contribution in [2.24, 2.45) is 5.92 Å². The summed E-state index contributed by atoms with van der Waals surface area (Å²) in [7, 11) is 0. The zero-order chi connectivity index (χ0) is 16.5. The van der Waals surface area contributed by atoms with Crippen molar-refractivity contribution in [1.29, 1.82) is 0 Å². The summed E-state index contributed by atoms with van der Waals surface area (Å²) in [6.45, 7) is 6.87. The van der Waals surface area contributed by atoms with E-state index in [1.54, 1.807) is 0 Å². The summed E-state index contributed by atoms with van der Waals surface area (Å²) in [4.78, 5) is 0. The number of ether oxygens (including phenoxy) is 1. The highest BCUT2D eigenvalue weighted by molar-refractivity contribution is 5.83. The fourth-order valence-electron chi connectivity index (χ4n) is 3.07. The first kappa shape index (κ1) is 17.8. The van der Waals surface area contributed by atoms with Gasteiger partial charge in [-0.05, 0) is 48.1 Å². The van der Waals surface area contributed by atoms with E-state index in [1.807, 2.05) is 0 Å². The summed E-state index contributed by atoms with van der Waals surface area (Å²) in [6, 6.07) is 15.0. The van der Waals surface area contributed by atoms with Gasteiger partial charge < -0.3 is 4.74 Å². The first-order valence-corrected chi connectivity index (χ1v) is 9.38. The highest BCUT2D eigenvalue weighted by atomic mass is 16.5. The molecule has 0 saturated heterocycles. The van der Waals surface area contributed by atoms with Crippen LogP contribution >= 0.6 is 0 Å². The van der Waals surface area contributed by atoms with Crippen LogP contribution in [0.5, 0.6) is 5.75 Å².